The number of imidazole rings is 1. The van der Waals surface area contributed by atoms with Crippen LogP contribution in [-0.2, 0) is 16.6 Å². The van der Waals surface area contributed by atoms with Gasteiger partial charge in [0.15, 0.2) is 0 Å². The zero-order chi connectivity index (χ0) is 15.7. The molecule has 0 radical (unpaired) electrons. The third kappa shape index (κ3) is 2.55. The van der Waals surface area contributed by atoms with Gasteiger partial charge in [0.1, 0.15) is 5.82 Å². The van der Waals surface area contributed by atoms with Crippen molar-refractivity contribution in [2.45, 2.75) is 18.4 Å². The summed E-state index contributed by atoms with van der Waals surface area (Å²) in [5, 5.41) is 0. The van der Waals surface area contributed by atoms with Crippen molar-refractivity contribution in [3.63, 3.8) is 0 Å². The second-order valence-electron chi connectivity index (χ2n) is 4.73. The minimum atomic E-state index is -3.73. The lowest BCUT2D eigenvalue weighted by molar-refractivity contribution is 0.600. The number of hydrogen-bond donors (Lipinski definition) is 1. The van der Waals surface area contributed by atoms with E-state index in [4.69, 9.17) is 0 Å². The molecule has 0 atom stereocenters. The number of halogens is 1. The molecule has 0 bridgehead atoms. The zero-order valence-electron chi connectivity index (χ0n) is 11.8. The summed E-state index contributed by atoms with van der Waals surface area (Å²) in [6.45, 7) is 2.37. The fourth-order valence-electron chi connectivity index (χ4n) is 2.28. The molecule has 0 aliphatic rings. The molecule has 0 saturated carbocycles. The molecule has 0 fully saturated rings. The summed E-state index contributed by atoms with van der Waals surface area (Å²) in [4.78, 5) is 4.34. The molecule has 3 aromatic rings. The number of benzene rings is 2. The third-order valence-electron chi connectivity index (χ3n) is 3.31. The van der Waals surface area contributed by atoms with Gasteiger partial charge >= 0.3 is 0 Å². The Morgan fingerprint density at radius 2 is 1.91 bits per heavy atom. The summed E-state index contributed by atoms with van der Waals surface area (Å²) < 4.78 is 42.2. The van der Waals surface area contributed by atoms with E-state index in [1.165, 1.54) is 24.3 Å². The standard InChI is InChI=1S/C15H14FN3O2S/c1-2-19-14-9-8-11(16)10-13(14)17-15(19)18-22(20,21)12-6-4-3-5-7-12/h3-10H,2H2,1H3,(H,17,18). The minimum Gasteiger partial charge on any atom is -0.310 e. The number of anilines is 1. The van der Waals surface area contributed by atoms with Crippen LogP contribution < -0.4 is 4.72 Å². The number of aromatic nitrogens is 2. The van der Waals surface area contributed by atoms with Gasteiger partial charge in [-0.25, -0.2) is 22.5 Å². The van der Waals surface area contributed by atoms with E-state index in [-0.39, 0.29) is 10.8 Å². The number of fused-ring (bicyclic) bond motifs is 1. The van der Waals surface area contributed by atoms with Crippen LogP contribution >= 0.6 is 0 Å². The van der Waals surface area contributed by atoms with E-state index < -0.39 is 15.8 Å². The molecule has 0 unspecified atom stereocenters. The average Bonchev–Trinajstić information content (AvgIpc) is 2.83. The topological polar surface area (TPSA) is 64.0 Å². The van der Waals surface area contributed by atoms with Gasteiger partial charge in [0.25, 0.3) is 10.0 Å². The molecule has 7 heteroatoms. The smallest absolute Gasteiger partial charge is 0.264 e. The first kappa shape index (κ1) is 14.5. The first-order valence-electron chi connectivity index (χ1n) is 6.75. The number of nitrogens with one attached hydrogen (secondary N) is 1. The van der Waals surface area contributed by atoms with Crippen LogP contribution in [0.1, 0.15) is 6.92 Å². The molecule has 0 amide bonds. The van der Waals surface area contributed by atoms with Crippen molar-refractivity contribution >= 4 is 27.0 Å². The second-order valence-corrected chi connectivity index (χ2v) is 6.41. The van der Waals surface area contributed by atoms with Crippen molar-refractivity contribution in [2.75, 3.05) is 4.72 Å². The normalized spacial score (nSPS) is 11.7. The Morgan fingerprint density at radius 1 is 1.18 bits per heavy atom. The first-order valence-corrected chi connectivity index (χ1v) is 8.23. The summed E-state index contributed by atoms with van der Waals surface area (Å²) in [7, 11) is -3.73. The molecule has 3 rings (SSSR count). The van der Waals surface area contributed by atoms with Crippen molar-refractivity contribution in [1.29, 1.82) is 0 Å². The highest BCUT2D eigenvalue weighted by Crippen LogP contribution is 2.22. The fourth-order valence-corrected chi connectivity index (χ4v) is 3.31. The quantitative estimate of drug-likeness (QED) is 0.804. The van der Waals surface area contributed by atoms with Crippen LogP contribution in [-0.4, -0.2) is 18.0 Å². The van der Waals surface area contributed by atoms with Crippen molar-refractivity contribution in [2.24, 2.45) is 0 Å². The number of sulfonamides is 1. The summed E-state index contributed by atoms with van der Waals surface area (Å²) in [6, 6.07) is 12.2. The maximum atomic E-state index is 13.3. The molecule has 0 aliphatic heterocycles. The maximum Gasteiger partial charge on any atom is 0.264 e. The molecule has 5 nitrogen and oxygen atoms in total. The van der Waals surface area contributed by atoms with E-state index in [1.54, 1.807) is 28.8 Å². The fraction of sp³-hybridized carbons (Fsp3) is 0.133. The highest BCUT2D eigenvalue weighted by Gasteiger charge is 2.18. The van der Waals surface area contributed by atoms with E-state index in [2.05, 4.69) is 9.71 Å². The zero-order valence-corrected chi connectivity index (χ0v) is 12.6. The van der Waals surface area contributed by atoms with E-state index in [9.17, 15) is 12.8 Å². The van der Waals surface area contributed by atoms with Crippen molar-refractivity contribution in [3.8, 4) is 0 Å². The molecule has 0 saturated heterocycles. The lowest BCUT2D eigenvalue weighted by atomic mass is 10.3. The Balaban J connectivity index is 2.07. The van der Waals surface area contributed by atoms with Crippen LogP contribution in [0.15, 0.2) is 53.4 Å². The van der Waals surface area contributed by atoms with Crippen LogP contribution in [0, 0.1) is 5.82 Å². The average molecular weight is 319 g/mol. The van der Waals surface area contributed by atoms with Crippen LogP contribution in [0.4, 0.5) is 10.3 Å². The van der Waals surface area contributed by atoms with Crippen molar-refractivity contribution in [1.82, 2.24) is 9.55 Å². The van der Waals surface area contributed by atoms with E-state index in [1.807, 2.05) is 6.92 Å². The van der Waals surface area contributed by atoms with Crippen LogP contribution in [0.25, 0.3) is 11.0 Å². The van der Waals surface area contributed by atoms with Gasteiger partial charge in [-0.2, -0.15) is 0 Å². The summed E-state index contributed by atoms with van der Waals surface area (Å²) in [5.41, 5.74) is 1.09. The number of hydrogen-bond acceptors (Lipinski definition) is 3. The van der Waals surface area contributed by atoms with E-state index >= 15 is 0 Å². The van der Waals surface area contributed by atoms with E-state index in [0.29, 0.717) is 17.6 Å². The van der Waals surface area contributed by atoms with Gasteiger partial charge in [0.05, 0.1) is 15.9 Å². The summed E-state index contributed by atoms with van der Waals surface area (Å²) >= 11 is 0. The monoisotopic (exact) mass is 319 g/mol. The Morgan fingerprint density at radius 3 is 2.59 bits per heavy atom. The molecule has 114 valence electrons. The molecule has 1 aromatic heterocycles. The van der Waals surface area contributed by atoms with Gasteiger partial charge in [-0.05, 0) is 31.2 Å². The highest BCUT2D eigenvalue weighted by molar-refractivity contribution is 7.92. The van der Waals surface area contributed by atoms with Crippen LogP contribution in [0.3, 0.4) is 0 Å². The summed E-state index contributed by atoms with van der Waals surface area (Å²) in [5.74, 6) is -0.238. The lowest BCUT2D eigenvalue weighted by Crippen LogP contribution is -2.16. The Bertz CT molecular complexity index is 921. The third-order valence-corrected chi connectivity index (χ3v) is 4.65. The number of nitrogens with zero attached hydrogens (tertiary/aromatic N) is 2. The van der Waals surface area contributed by atoms with Gasteiger partial charge in [0, 0.05) is 12.6 Å². The molecule has 1 N–H and O–H groups in total. The van der Waals surface area contributed by atoms with Crippen LogP contribution in [0.5, 0.6) is 0 Å². The minimum absolute atomic E-state index is 0.149. The Hall–Kier alpha value is -2.41. The molecule has 22 heavy (non-hydrogen) atoms. The Kier molecular flexibility index (Phi) is 3.58. The number of rotatable bonds is 4. The van der Waals surface area contributed by atoms with Crippen LogP contribution in [0.2, 0.25) is 0 Å². The Labute approximate surface area is 127 Å². The predicted molar refractivity (Wildman–Crippen MR) is 82.6 cm³/mol. The molecule has 2 aromatic carbocycles. The molecule has 0 spiro atoms. The second kappa shape index (κ2) is 5.42. The largest absolute Gasteiger partial charge is 0.310 e. The van der Waals surface area contributed by atoms with Gasteiger partial charge in [0.2, 0.25) is 5.95 Å². The maximum absolute atomic E-state index is 13.3. The van der Waals surface area contributed by atoms with E-state index in [0.717, 1.165) is 0 Å². The predicted octanol–water partition coefficient (Wildman–Crippen LogP) is 3.00. The van der Waals surface area contributed by atoms with Gasteiger partial charge in [-0.3, -0.25) is 0 Å². The first-order chi connectivity index (χ1) is 10.5. The van der Waals surface area contributed by atoms with Crippen molar-refractivity contribution in [3.05, 3.63) is 54.3 Å². The highest BCUT2D eigenvalue weighted by atomic mass is 32.2. The SMILES string of the molecule is CCn1c(NS(=O)(=O)c2ccccc2)nc2cc(F)ccc21. The van der Waals surface area contributed by atoms with Gasteiger partial charge < -0.3 is 4.57 Å². The molecular formula is C15H14FN3O2S. The number of aryl methyl sites for hydroxylation is 1. The van der Waals surface area contributed by atoms with Crippen molar-refractivity contribution < 1.29 is 12.8 Å². The lowest BCUT2D eigenvalue weighted by Gasteiger charge is -2.09. The molecule has 1 heterocycles. The van der Waals surface area contributed by atoms with Gasteiger partial charge in [-0.15, -0.1) is 0 Å². The molecule has 0 aliphatic carbocycles. The molecular weight excluding hydrogens is 305 g/mol. The van der Waals surface area contributed by atoms with Gasteiger partial charge in [-0.1, -0.05) is 18.2 Å². The summed E-state index contributed by atoms with van der Waals surface area (Å²) in [6.07, 6.45) is 0.